The molecule has 1 atom stereocenters. The van der Waals surface area contributed by atoms with Gasteiger partial charge in [0.2, 0.25) is 0 Å². The Morgan fingerprint density at radius 3 is 2.95 bits per heavy atom. The summed E-state index contributed by atoms with van der Waals surface area (Å²) in [7, 11) is 1.66. The lowest BCUT2D eigenvalue weighted by molar-refractivity contribution is 0.0891. The molecular formula is C15H22N2O2. The van der Waals surface area contributed by atoms with Gasteiger partial charge < -0.3 is 15.4 Å². The molecule has 2 rings (SSSR count). The van der Waals surface area contributed by atoms with Crippen LogP contribution >= 0.6 is 0 Å². The number of benzene rings is 1. The molecule has 19 heavy (non-hydrogen) atoms. The molecule has 0 radical (unpaired) electrons. The number of hydrogen-bond donors (Lipinski definition) is 2. The second-order valence-corrected chi connectivity index (χ2v) is 5.00. The molecule has 0 saturated heterocycles. The molecule has 0 spiro atoms. The molecule has 1 aliphatic heterocycles. The number of nitrogens with one attached hydrogen (secondary N) is 2. The average Bonchev–Trinajstić information content (AvgIpc) is 2.86. The van der Waals surface area contributed by atoms with Crippen molar-refractivity contribution in [1.82, 2.24) is 10.6 Å². The minimum absolute atomic E-state index is 0.00907. The minimum Gasteiger partial charge on any atom is -0.383 e. The van der Waals surface area contributed by atoms with Crippen molar-refractivity contribution >= 4 is 5.91 Å². The lowest BCUT2D eigenvalue weighted by Gasteiger charge is -2.17. The highest BCUT2D eigenvalue weighted by Crippen LogP contribution is 2.17. The van der Waals surface area contributed by atoms with Gasteiger partial charge in [-0.3, -0.25) is 4.79 Å². The molecule has 1 heterocycles. The van der Waals surface area contributed by atoms with Crippen LogP contribution in [-0.4, -0.2) is 25.7 Å². The van der Waals surface area contributed by atoms with Gasteiger partial charge in [0.15, 0.2) is 0 Å². The lowest BCUT2D eigenvalue weighted by atomic mass is 10.1. The fourth-order valence-electron chi connectivity index (χ4n) is 2.45. The van der Waals surface area contributed by atoms with E-state index in [0.29, 0.717) is 6.61 Å². The SMILES string of the molecule is CCCC(COC)NC(=O)c1ccc2c(c1)CNC2. The Labute approximate surface area is 114 Å². The van der Waals surface area contributed by atoms with Gasteiger partial charge in [0, 0.05) is 25.8 Å². The van der Waals surface area contributed by atoms with Crippen molar-refractivity contribution in [2.75, 3.05) is 13.7 Å². The van der Waals surface area contributed by atoms with Crippen LogP contribution in [0.3, 0.4) is 0 Å². The van der Waals surface area contributed by atoms with Crippen LogP contribution in [-0.2, 0) is 17.8 Å². The summed E-state index contributed by atoms with van der Waals surface area (Å²) in [4.78, 5) is 12.2. The van der Waals surface area contributed by atoms with Crippen LogP contribution in [0.4, 0.5) is 0 Å². The van der Waals surface area contributed by atoms with E-state index < -0.39 is 0 Å². The van der Waals surface area contributed by atoms with Crippen molar-refractivity contribution in [1.29, 1.82) is 0 Å². The molecule has 104 valence electrons. The third-order valence-electron chi connectivity index (χ3n) is 3.44. The van der Waals surface area contributed by atoms with Crippen molar-refractivity contribution in [3.05, 3.63) is 34.9 Å². The number of carbonyl (C=O) groups is 1. The summed E-state index contributed by atoms with van der Waals surface area (Å²) in [6.45, 7) is 4.42. The maximum Gasteiger partial charge on any atom is 0.251 e. The first kappa shape index (κ1) is 14.0. The standard InChI is InChI=1S/C15H22N2O2/c1-3-4-14(10-19-2)17-15(18)11-5-6-12-8-16-9-13(12)7-11/h5-7,14,16H,3-4,8-10H2,1-2H3,(H,17,18). The van der Waals surface area contributed by atoms with Gasteiger partial charge >= 0.3 is 0 Å². The number of ether oxygens (including phenoxy) is 1. The highest BCUT2D eigenvalue weighted by Gasteiger charge is 2.16. The van der Waals surface area contributed by atoms with Gasteiger partial charge in [0.1, 0.15) is 0 Å². The van der Waals surface area contributed by atoms with Crippen molar-refractivity contribution < 1.29 is 9.53 Å². The zero-order chi connectivity index (χ0) is 13.7. The first-order chi connectivity index (χ1) is 9.24. The van der Waals surface area contributed by atoms with Gasteiger partial charge in [-0.2, -0.15) is 0 Å². The number of amides is 1. The third-order valence-corrected chi connectivity index (χ3v) is 3.44. The van der Waals surface area contributed by atoms with Gasteiger partial charge in [0.05, 0.1) is 12.6 Å². The number of rotatable bonds is 6. The van der Waals surface area contributed by atoms with E-state index in [1.807, 2.05) is 18.2 Å². The summed E-state index contributed by atoms with van der Waals surface area (Å²) in [5, 5.41) is 6.33. The highest BCUT2D eigenvalue weighted by atomic mass is 16.5. The Bertz CT molecular complexity index is 440. The Morgan fingerprint density at radius 1 is 1.42 bits per heavy atom. The Morgan fingerprint density at radius 2 is 2.21 bits per heavy atom. The van der Waals surface area contributed by atoms with Crippen LogP contribution in [0.5, 0.6) is 0 Å². The second kappa shape index (κ2) is 6.68. The van der Waals surface area contributed by atoms with Crippen LogP contribution in [0.1, 0.15) is 41.3 Å². The molecule has 1 amide bonds. The molecule has 0 saturated carbocycles. The Kier molecular flexibility index (Phi) is 4.93. The van der Waals surface area contributed by atoms with E-state index in [1.54, 1.807) is 7.11 Å². The van der Waals surface area contributed by atoms with E-state index in [1.165, 1.54) is 11.1 Å². The number of carbonyl (C=O) groups excluding carboxylic acids is 1. The zero-order valence-corrected chi connectivity index (χ0v) is 11.7. The lowest BCUT2D eigenvalue weighted by Crippen LogP contribution is -2.37. The van der Waals surface area contributed by atoms with E-state index in [9.17, 15) is 4.79 Å². The fourth-order valence-corrected chi connectivity index (χ4v) is 2.45. The molecule has 0 fully saturated rings. The first-order valence-electron chi connectivity index (χ1n) is 6.87. The van der Waals surface area contributed by atoms with E-state index in [4.69, 9.17) is 4.74 Å². The fraction of sp³-hybridized carbons (Fsp3) is 0.533. The Hall–Kier alpha value is -1.39. The van der Waals surface area contributed by atoms with Crippen molar-refractivity contribution in [2.24, 2.45) is 0 Å². The molecule has 1 aromatic rings. The highest BCUT2D eigenvalue weighted by molar-refractivity contribution is 5.94. The van der Waals surface area contributed by atoms with Gasteiger partial charge in [0.25, 0.3) is 5.91 Å². The second-order valence-electron chi connectivity index (χ2n) is 5.00. The zero-order valence-electron chi connectivity index (χ0n) is 11.7. The first-order valence-corrected chi connectivity index (χ1v) is 6.87. The molecule has 2 N–H and O–H groups in total. The van der Waals surface area contributed by atoms with Crippen LogP contribution in [0.15, 0.2) is 18.2 Å². The molecule has 0 aromatic heterocycles. The van der Waals surface area contributed by atoms with Crippen LogP contribution in [0.25, 0.3) is 0 Å². The van der Waals surface area contributed by atoms with Crippen LogP contribution < -0.4 is 10.6 Å². The predicted octanol–water partition coefficient (Wildman–Crippen LogP) is 1.83. The predicted molar refractivity (Wildman–Crippen MR) is 75.0 cm³/mol. The molecule has 4 heteroatoms. The number of hydrogen-bond acceptors (Lipinski definition) is 3. The van der Waals surface area contributed by atoms with Gasteiger partial charge in [-0.15, -0.1) is 0 Å². The molecule has 4 nitrogen and oxygen atoms in total. The monoisotopic (exact) mass is 262 g/mol. The molecule has 0 aliphatic carbocycles. The Balaban J connectivity index is 2.02. The van der Waals surface area contributed by atoms with Gasteiger partial charge in [-0.1, -0.05) is 19.4 Å². The van der Waals surface area contributed by atoms with E-state index in [-0.39, 0.29) is 11.9 Å². The third kappa shape index (κ3) is 3.55. The van der Waals surface area contributed by atoms with E-state index >= 15 is 0 Å². The molecule has 1 aliphatic rings. The van der Waals surface area contributed by atoms with E-state index in [0.717, 1.165) is 31.5 Å². The summed E-state index contributed by atoms with van der Waals surface area (Å²) in [6.07, 6.45) is 1.97. The van der Waals surface area contributed by atoms with Crippen LogP contribution in [0.2, 0.25) is 0 Å². The maximum atomic E-state index is 12.2. The topological polar surface area (TPSA) is 50.4 Å². The van der Waals surface area contributed by atoms with Crippen molar-refractivity contribution in [3.63, 3.8) is 0 Å². The van der Waals surface area contributed by atoms with Crippen molar-refractivity contribution in [3.8, 4) is 0 Å². The van der Waals surface area contributed by atoms with Crippen molar-refractivity contribution in [2.45, 2.75) is 38.9 Å². The molecular weight excluding hydrogens is 240 g/mol. The summed E-state index contributed by atoms with van der Waals surface area (Å²) < 4.78 is 5.14. The maximum absolute atomic E-state index is 12.2. The summed E-state index contributed by atoms with van der Waals surface area (Å²) in [5.41, 5.74) is 3.25. The normalized spacial score (nSPS) is 15.1. The largest absolute Gasteiger partial charge is 0.383 e. The minimum atomic E-state index is -0.00907. The van der Waals surface area contributed by atoms with Gasteiger partial charge in [-0.25, -0.2) is 0 Å². The quantitative estimate of drug-likeness (QED) is 0.822. The molecule has 0 bridgehead atoms. The molecule has 1 aromatic carbocycles. The van der Waals surface area contributed by atoms with E-state index in [2.05, 4.69) is 17.6 Å². The summed E-state index contributed by atoms with van der Waals surface area (Å²) in [6, 6.07) is 6.02. The number of fused-ring (bicyclic) bond motifs is 1. The smallest absolute Gasteiger partial charge is 0.251 e. The number of methoxy groups -OCH3 is 1. The molecule has 1 unspecified atom stereocenters. The summed E-state index contributed by atoms with van der Waals surface area (Å²) >= 11 is 0. The summed E-state index contributed by atoms with van der Waals surface area (Å²) in [5.74, 6) is -0.00907. The van der Waals surface area contributed by atoms with Gasteiger partial charge in [-0.05, 0) is 29.7 Å². The van der Waals surface area contributed by atoms with Crippen LogP contribution in [0, 0.1) is 0 Å². The average molecular weight is 262 g/mol.